The van der Waals surface area contributed by atoms with E-state index in [1.165, 1.54) is 26.1 Å². The second kappa shape index (κ2) is 5.27. The highest BCUT2D eigenvalue weighted by Gasteiger charge is 2.05. The molecular weight excluding hydrogens is 93.7 g/mol. The highest BCUT2D eigenvalue weighted by Crippen LogP contribution is 1.96. The Morgan fingerprint density at radius 2 is 1.62 bits per heavy atom. The van der Waals surface area contributed by atoms with Crippen LogP contribution in [0.4, 0.5) is 0 Å². The van der Waals surface area contributed by atoms with Gasteiger partial charge in [-0.3, -0.25) is 0 Å². The lowest BCUT2D eigenvalue weighted by Gasteiger charge is -2.02. The second-order valence-corrected chi connectivity index (χ2v) is 2.47. The molecule has 0 aromatic heterocycles. The van der Waals surface area contributed by atoms with Crippen molar-refractivity contribution in [3.63, 3.8) is 0 Å². The molecule has 0 aromatic rings. The maximum Gasteiger partial charge on any atom is 0.104 e. The molecule has 0 rings (SSSR count). The van der Waals surface area contributed by atoms with Crippen molar-refractivity contribution < 1.29 is 0 Å². The van der Waals surface area contributed by atoms with Crippen molar-refractivity contribution in [2.24, 2.45) is 0 Å². The first-order valence-electron chi connectivity index (χ1n) is 3.85. The summed E-state index contributed by atoms with van der Waals surface area (Å²) in [5, 5.41) is 0. The summed E-state index contributed by atoms with van der Waals surface area (Å²) in [6, 6.07) is 0. The molecule has 0 nitrogen and oxygen atoms in total. The van der Waals surface area contributed by atoms with Gasteiger partial charge >= 0.3 is 0 Å². The number of rotatable bonds is 4. The zero-order valence-electron chi connectivity index (χ0n) is 6.41. The Labute approximate surface area is 54.4 Å². The summed E-state index contributed by atoms with van der Waals surface area (Å²) in [4.78, 5) is 0. The first-order valence-corrected chi connectivity index (χ1v) is 3.85. The van der Waals surface area contributed by atoms with E-state index in [-0.39, 0.29) is 0 Å². The quantitative estimate of drug-likeness (QED) is 0.484. The third kappa shape index (κ3) is 3.17. The van der Waals surface area contributed by atoms with E-state index in [9.17, 15) is 0 Å². The van der Waals surface area contributed by atoms with Gasteiger partial charge in [-0.1, -0.05) is 39.7 Å². The van der Waals surface area contributed by atoms with E-state index in [0.29, 0.717) is 0 Å². The lowest BCUT2D eigenvalue weighted by atomic mass is 9.19. The molecule has 0 heterocycles. The van der Waals surface area contributed by atoms with Crippen LogP contribution in [0.1, 0.15) is 20.8 Å². The fraction of sp³-hybridized carbons (Fsp3) is 1.00. The first-order chi connectivity index (χ1) is 3.85. The Kier molecular flexibility index (Phi) is 5.36. The summed E-state index contributed by atoms with van der Waals surface area (Å²) >= 11 is 0. The Hall–Kier alpha value is 0.130. The molecule has 0 aliphatic heterocycles. The van der Waals surface area contributed by atoms with Crippen LogP contribution in [0.5, 0.6) is 0 Å². The van der Waals surface area contributed by atoms with Crippen LogP contribution in [0.2, 0.25) is 19.0 Å². The van der Waals surface area contributed by atoms with Gasteiger partial charge in [-0.2, -0.15) is 0 Å². The molecule has 0 N–H and O–H groups in total. The molecule has 0 radical (unpaired) electrons. The van der Waals surface area contributed by atoms with Gasteiger partial charge in [0.2, 0.25) is 0 Å². The Balaban J connectivity index is 3.07. The van der Waals surface area contributed by atoms with Crippen molar-refractivity contribution in [1.82, 2.24) is 0 Å². The second-order valence-electron chi connectivity index (χ2n) is 2.47. The molecule has 0 aliphatic carbocycles. The van der Waals surface area contributed by atoms with E-state index in [1.807, 2.05) is 0 Å². The Morgan fingerprint density at radius 1 is 1.12 bits per heavy atom. The van der Waals surface area contributed by atoms with Gasteiger partial charge in [0.25, 0.3) is 0 Å². The van der Waals surface area contributed by atoms with Crippen molar-refractivity contribution in [3.05, 3.63) is 0 Å². The van der Waals surface area contributed by atoms with E-state index in [0.717, 1.165) is 6.60 Å². The van der Waals surface area contributed by atoms with E-state index in [1.54, 1.807) is 0 Å². The zero-order chi connectivity index (χ0) is 6.41. The van der Waals surface area contributed by atoms with Crippen molar-refractivity contribution >= 4 is 13.8 Å². The van der Waals surface area contributed by atoms with Gasteiger partial charge in [-0.05, 0) is 0 Å². The van der Waals surface area contributed by atoms with Crippen LogP contribution in [0.3, 0.4) is 0 Å². The number of hydrogen-bond acceptors (Lipinski definition) is 0. The van der Waals surface area contributed by atoms with Crippen LogP contribution in [0.15, 0.2) is 0 Å². The summed E-state index contributed by atoms with van der Waals surface area (Å²) < 4.78 is 0. The summed E-state index contributed by atoms with van der Waals surface area (Å²) in [5.74, 6) is 0. The largest absolute Gasteiger partial charge is 0.104 e. The molecule has 8 heavy (non-hydrogen) atoms. The van der Waals surface area contributed by atoms with Gasteiger partial charge in [0.1, 0.15) is 6.60 Å². The summed E-state index contributed by atoms with van der Waals surface area (Å²) in [7, 11) is 1.42. The van der Waals surface area contributed by atoms with Gasteiger partial charge in [0.15, 0.2) is 0 Å². The van der Waals surface area contributed by atoms with Crippen molar-refractivity contribution in [2.75, 3.05) is 0 Å². The Bertz CT molecular complexity index is 41.8. The molecule has 0 bridgehead atoms. The van der Waals surface area contributed by atoms with Crippen LogP contribution < -0.4 is 0 Å². The van der Waals surface area contributed by atoms with Crippen LogP contribution in [-0.2, 0) is 0 Å². The molecule has 0 fully saturated rings. The van der Waals surface area contributed by atoms with Crippen LogP contribution in [0, 0.1) is 0 Å². The minimum Gasteiger partial charge on any atom is -0.0870 e. The summed E-state index contributed by atoms with van der Waals surface area (Å²) in [5.41, 5.74) is 0. The summed E-state index contributed by atoms with van der Waals surface area (Å²) in [6.07, 6.45) is 4.08. The minimum atomic E-state index is 1.000. The van der Waals surface area contributed by atoms with E-state index in [4.69, 9.17) is 0 Å². The molecule has 0 aromatic carbocycles. The number of hydrogen-bond donors (Lipinski definition) is 0. The van der Waals surface area contributed by atoms with Crippen LogP contribution in [0.25, 0.3) is 0 Å². The maximum absolute atomic E-state index is 2.28. The summed E-state index contributed by atoms with van der Waals surface area (Å²) in [6.45, 7) is 7.83. The molecule has 0 spiro atoms. The molecule has 0 aliphatic rings. The van der Waals surface area contributed by atoms with Crippen LogP contribution >= 0.6 is 0 Å². The van der Waals surface area contributed by atoms with Gasteiger partial charge in [0, 0.05) is 0 Å². The third-order valence-electron chi connectivity index (χ3n) is 1.85. The van der Waals surface area contributed by atoms with E-state index < -0.39 is 0 Å². The van der Waals surface area contributed by atoms with Crippen molar-refractivity contribution in [2.45, 2.75) is 39.7 Å². The SMILES string of the molecule is CCBB(CC)CC. The monoisotopic (exact) mass is 110 g/mol. The predicted molar refractivity (Wildman–Crippen MR) is 44.3 cm³/mol. The van der Waals surface area contributed by atoms with E-state index in [2.05, 4.69) is 20.8 Å². The zero-order valence-corrected chi connectivity index (χ0v) is 6.41. The standard InChI is InChI=1S/C6H16B2/c1-4-7-8(5-2)6-3/h7H,4-6H2,1-3H3. The van der Waals surface area contributed by atoms with Gasteiger partial charge in [-0.25, -0.2) is 0 Å². The predicted octanol–water partition coefficient (Wildman–Crippen LogP) is 1.89. The average Bonchev–Trinajstić information content (AvgIpc) is 1.83. The van der Waals surface area contributed by atoms with Gasteiger partial charge in [-0.15, -0.1) is 0 Å². The van der Waals surface area contributed by atoms with Crippen molar-refractivity contribution in [3.8, 4) is 0 Å². The van der Waals surface area contributed by atoms with Gasteiger partial charge < -0.3 is 0 Å². The molecule has 46 valence electrons. The molecule has 0 unspecified atom stereocenters. The molecule has 0 amide bonds. The molecule has 2 heteroatoms. The molecule has 0 saturated carbocycles. The molecule has 0 atom stereocenters. The smallest absolute Gasteiger partial charge is 0.0870 e. The Morgan fingerprint density at radius 3 is 1.75 bits per heavy atom. The highest BCUT2D eigenvalue weighted by atomic mass is 13.6. The van der Waals surface area contributed by atoms with Gasteiger partial charge in [0.05, 0.1) is 7.17 Å². The minimum absolute atomic E-state index is 1.000. The van der Waals surface area contributed by atoms with E-state index >= 15 is 0 Å². The normalized spacial score (nSPS) is 8.88. The fourth-order valence-corrected chi connectivity index (χ4v) is 1.11. The molecule has 0 saturated heterocycles. The molecular formula is C6H16B2. The lowest BCUT2D eigenvalue weighted by Crippen LogP contribution is -2.18. The average molecular weight is 110 g/mol. The first kappa shape index (κ1) is 8.13. The van der Waals surface area contributed by atoms with Crippen LogP contribution in [-0.4, -0.2) is 13.8 Å². The topological polar surface area (TPSA) is 0 Å². The third-order valence-corrected chi connectivity index (χ3v) is 1.85. The fourth-order valence-electron chi connectivity index (χ4n) is 1.11. The lowest BCUT2D eigenvalue weighted by molar-refractivity contribution is 1.34. The highest BCUT2D eigenvalue weighted by molar-refractivity contribution is 7.12. The van der Waals surface area contributed by atoms with Crippen molar-refractivity contribution in [1.29, 1.82) is 0 Å². The maximum atomic E-state index is 2.28.